The number of hydrogen-bond acceptors (Lipinski definition) is 3. The van der Waals surface area contributed by atoms with Gasteiger partial charge in [-0.1, -0.05) is 12.1 Å². The van der Waals surface area contributed by atoms with Crippen LogP contribution in [0.4, 0.5) is 5.69 Å². The third kappa shape index (κ3) is 3.08. The van der Waals surface area contributed by atoms with Gasteiger partial charge in [0.05, 0.1) is 0 Å². The summed E-state index contributed by atoms with van der Waals surface area (Å²) in [7, 11) is 0. The standard InChI is InChI=1S/C17H21N3O2/c1-10-7-6-8-15(13(10)4)19-16(21)14(5)20-12(3)9-11(2)18-17(20)22/h6-9,14H,1-5H3,(H,19,21)/t14-/m0/s1. The summed E-state index contributed by atoms with van der Waals surface area (Å²) in [6.07, 6.45) is 0. The summed E-state index contributed by atoms with van der Waals surface area (Å²) in [5.41, 5.74) is 3.87. The van der Waals surface area contributed by atoms with Crippen molar-refractivity contribution in [1.82, 2.24) is 9.55 Å². The summed E-state index contributed by atoms with van der Waals surface area (Å²) in [6.45, 7) is 9.22. The second kappa shape index (κ2) is 6.13. The van der Waals surface area contributed by atoms with Crippen molar-refractivity contribution < 1.29 is 4.79 Å². The fourth-order valence-electron chi connectivity index (χ4n) is 2.47. The van der Waals surface area contributed by atoms with Crippen LogP contribution in [0.3, 0.4) is 0 Å². The molecule has 1 N–H and O–H groups in total. The van der Waals surface area contributed by atoms with E-state index in [4.69, 9.17) is 0 Å². The molecule has 2 aromatic rings. The molecule has 1 atom stereocenters. The van der Waals surface area contributed by atoms with Gasteiger partial charge in [-0.15, -0.1) is 0 Å². The van der Waals surface area contributed by atoms with E-state index in [9.17, 15) is 9.59 Å². The molecule has 0 aliphatic carbocycles. The Hall–Kier alpha value is -2.43. The third-order valence-corrected chi connectivity index (χ3v) is 3.91. The summed E-state index contributed by atoms with van der Waals surface area (Å²) in [6, 6.07) is 6.92. The first-order chi connectivity index (χ1) is 10.3. The maximum Gasteiger partial charge on any atom is 0.348 e. The highest BCUT2D eigenvalue weighted by molar-refractivity contribution is 5.94. The molecule has 5 heteroatoms. The molecule has 0 unspecified atom stereocenters. The molecule has 0 aliphatic heterocycles. The van der Waals surface area contributed by atoms with Crippen LogP contribution in [-0.4, -0.2) is 15.5 Å². The summed E-state index contributed by atoms with van der Waals surface area (Å²) < 4.78 is 1.41. The Bertz CT molecular complexity index is 778. The van der Waals surface area contributed by atoms with E-state index in [0.29, 0.717) is 5.69 Å². The van der Waals surface area contributed by atoms with Gasteiger partial charge in [-0.2, -0.15) is 4.98 Å². The Morgan fingerprint density at radius 1 is 1.23 bits per heavy atom. The molecule has 0 radical (unpaired) electrons. The van der Waals surface area contributed by atoms with Gasteiger partial charge in [-0.3, -0.25) is 9.36 Å². The van der Waals surface area contributed by atoms with Crippen LogP contribution in [0.2, 0.25) is 0 Å². The molecule has 1 heterocycles. The molecule has 0 bridgehead atoms. The van der Waals surface area contributed by atoms with Crippen LogP contribution >= 0.6 is 0 Å². The molecular formula is C17H21N3O2. The van der Waals surface area contributed by atoms with E-state index in [1.807, 2.05) is 32.0 Å². The number of nitrogens with one attached hydrogen (secondary N) is 1. The SMILES string of the molecule is Cc1cc(C)n([C@@H](C)C(=O)Nc2cccc(C)c2C)c(=O)n1. The lowest BCUT2D eigenvalue weighted by Crippen LogP contribution is -2.34. The van der Waals surface area contributed by atoms with Gasteiger partial charge in [0, 0.05) is 17.1 Å². The zero-order chi connectivity index (χ0) is 16.4. The molecular weight excluding hydrogens is 278 g/mol. The Morgan fingerprint density at radius 3 is 2.55 bits per heavy atom. The number of amides is 1. The maximum absolute atomic E-state index is 12.5. The average molecular weight is 299 g/mol. The van der Waals surface area contributed by atoms with E-state index in [2.05, 4.69) is 10.3 Å². The number of benzene rings is 1. The summed E-state index contributed by atoms with van der Waals surface area (Å²) in [5.74, 6) is -0.232. The van der Waals surface area contributed by atoms with Gasteiger partial charge in [-0.25, -0.2) is 4.79 Å². The number of rotatable bonds is 3. The van der Waals surface area contributed by atoms with Crippen LogP contribution in [0.5, 0.6) is 0 Å². The summed E-state index contributed by atoms with van der Waals surface area (Å²) >= 11 is 0. The first-order valence-corrected chi connectivity index (χ1v) is 7.25. The van der Waals surface area contributed by atoms with Crippen molar-refractivity contribution in [2.24, 2.45) is 0 Å². The Kier molecular flexibility index (Phi) is 4.45. The van der Waals surface area contributed by atoms with Crippen molar-refractivity contribution in [3.8, 4) is 0 Å². The number of aromatic nitrogens is 2. The highest BCUT2D eigenvalue weighted by Gasteiger charge is 2.19. The first kappa shape index (κ1) is 15.9. The van der Waals surface area contributed by atoms with Gasteiger partial charge >= 0.3 is 5.69 Å². The van der Waals surface area contributed by atoms with Crippen molar-refractivity contribution in [2.45, 2.75) is 40.7 Å². The van der Waals surface area contributed by atoms with Crippen LogP contribution < -0.4 is 11.0 Å². The van der Waals surface area contributed by atoms with Crippen LogP contribution in [-0.2, 0) is 4.79 Å². The van der Waals surface area contributed by atoms with Crippen molar-refractivity contribution in [3.05, 3.63) is 57.3 Å². The lowest BCUT2D eigenvalue weighted by molar-refractivity contribution is -0.118. The molecule has 0 spiro atoms. The van der Waals surface area contributed by atoms with E-state index >= 15 is 0 Å². The monoisotopic (exact) mass is 299 g/mol. The van der Waals surface area contributed by atoms with E-state index in [-0.39, 0.29) is 5.91 Å². The van der Waals surface area contributed by atoms with E-state index in [1.165, 1.54) is 4.57 Å². The van der Waals surface area contributed by atoms with Crippen molar-refractivity contribution in [3.63, 3.8) is 0 Å². The molecule has 1 aromatic carbocycles. The summed E-state index contributed by atoms with van der Waals surface area (Å²) in [4.78, 5) is 28.4. The number of carbonyl (C=O) groups excluding carboxylic acids is 1. The van der Waals surface area contributed by atoms with Gasteiger partial charge < -0.3 is 5.32 Å². The number of nitrogens with zero attached hydrogens (tertiary/aromatic N) is 2. The van der Waals surface area contributed by atoms with Crippen molar-refractivity contribution in [1.29, 1.82) is 0 Å². The minimum Gasteiger partial charge on any atom is -0.324 e. The van der Waals surface area contributed by atoms with E-state index < -0.39 is 11.7 Å². The fraction of sp³-hybridized carbons (Fsp3) is 0.353. The normalized spacial score (nSPS) is 12.0. The topological polar surface area (TPSA) is 64.0 Å². The minimum absolute atomic E-state index is 0.232. The Balaban J connectivity index is 2.31. The fourth-order valence-corrected chi connectivity index (χ4v) is 2.47. The molecule has 0 saturated heterocycles. The third-order valence-electron chi connectivity index (χ3n) is 3.91. The maximum atomic E-state index is 12.5. The summed E-state index contributed by atoms with van der Waals surface area (Å²) in [5, 5.41) is 2.89. The minimum atomic E-state index is -0.625. The van der Waals surface area contributed by atoms with Crippen molar-refractivity contribution in [2.75, 3.05) is 5.32 Å². The van der Waals surface area contributed by atoms with Gasteiger partial charge in [0.1, 0.15) is 6.04 Å². The second-order valence-corrected chi connectivity index (χ2v) is 5.60. The Labute approximate surface area is 130 Å². The smallest absolute Gasteiger partial charge is 0.324 e. The molecule has 0 saturated carbocycles. The average Bonchev–Trinajstić information content (AvgIpc) is 2.42. The van der Waals surface area contributed by atoms with E-state index in [0.717, 1.165) is 22.5 Å². The molecule has 2 rings (SSSR count). The molecule has 1 amide bonds. The zero-order valence-corrected chi connectivity index (χ0v) is 13.6. The van der Waals surface area contributed by atoms with Crippen LogP contribution in [0, 0.1) is 27.7 Å². The molecule has 5 nitrogen and oxygen atoms in total. The number of carbonyl (C=O) groups is 1. The van der Waals surface area contributed by atoms with Gasteiger partial charge in [0.25, 0.3) is 0 Å². The van der Waals surface area contributed by atoms with E-state index in [1.54, 1.807) is 26.8 Å². The molecule has 0 aliphatic rings. The van der Waals surface area contributed by atoms with Crippen LogP contribution in [0.15, 0.2) is 29.1 Å². The lowest BCUT2D eigenvalue weighted by Gasteiger charge is -2.18. The predicted molar refractivity (Wildman–Crippen MR) is 87.2 cm³/mol. The van der Waals surface area contributed by atoms with Crippen LogP contribution in [0.1, 0.15) is 35.5 Å². The number of anilines is 1. The van der Waals surface area contributed by atoms with Gasteiger partial charge in [-0.05, 0) is 57.9 Å². The number of hydrogen-bond donors (Lipinski definition) is 1. The quantitative estimate of drug-likeness (QED) is 0.947. The van der Waals surface area contributed by atoms with Gasteiger partial charge in [0.15, 0.2) is 0 Å². The molecule has 116 valence electrons. The largest absolute Gasteiger partial charge is 0.348 e. The molecule has 22 heavy (non-hydrogen) atoms. The molecule has 1 aromatic heterocycles. The molecule has 0 fully saturated rings. The highest BCUT2D eigenvalue weighted by atomic mass is 16.2. The highest BCUT2D eigenvalue weighted by Crippen LogP contribution is 2.19. The zero-order valence-electron chi connectivity index (χ0n) is 13.6. The number of aryl methyl sites for hydroxylation is 3. The second-order valence-electron chi connectivity index (χ2n) is 5.60. The first-order valence-electron chi connectivity index (χ1n) is 7.25. The van der Waals surface area contributed by atoms with Crippen molar-refractivity contribution >= 4 is 11.6 Å². The lowest BCUT2D eigenvalue weighted by atomic mass is 10.1. The Morgan fingerprint density at radius 2 is 1.91 bits per heavy atom. The van der Waals surface area contributed by atoms with Gasteiger partial charge in [0.2, 0.25) is 5.91 Å². The predicted octanol–water partition coefficient (Wildman–Crippen LogP) is 2.68. The van der Waals surface area contributed by atoms with Crippen LogP contribution in [0.25, 0.3) is 0 Å².